The third-order valence-electron chi connectivity index (χ3n) is 2.95. The summed E-state index contributed by atoms with van der Waals surface area (Å²) >= 11 is 0. The van der Waals surface area contributed by atoms with Gasteiger partial charge in [0.25, 0.3) is 0 Å². The largest absolute Gasteiger partial charge is 0.472 e. The molecule has 1 aliphatic rings. The smallest absolute Gasteiger partial charge is 0.220 e. The second kappa shape index (κ2) is 4.27. The molecule has 0 radical (unpaired) electrons. The van der Waals surface area contributed by atoms with Gasteiger partial charge in [-0.3, -0.25) is 0 Å². The van der Waals surface area contributed by atoms with Crippen LogP contribution in [0.25, 0.3) is 0 Å². The molecule has 0 amide bonds. The lowest BCUT2D eigenvalue weighted by molar-refractivity contribution is 0.0195. The standard InChI is InChI=1S/C15H13NO2/c17-15(13-9-5-2-6-10-13)11-18-14(16-15)12-7-3-1-4-8-12/h1-10,17H,11H2. The molecule has 0 aliphatic carbocycles. The molecule has 0 saturated heterocycles. The molecule has 2 aromatic carbocycles. The van der Waals surface area contributed by atoms with E-state index in [0.717, 1.165) is 11.1 Å². The molecule has 0 aromatic heterocycles. The van der Waals surface area contributed by atoms with Gasteiger partial charge in [-0.1, -0.05) is 48.5 Å². The van der Waals surface area contributed by atoms with E-state index in [-0.39, 0.29) is 6.61 Å². The highest BCUT2D eigenvalue weighted by Gasteiger charge is 2.36. The van der Waals surface area contributed by atoms with Crippen molar-refractivity contribution >= 4 is 5.90 Å². The molecule has 1 atom stereocenters. The van der Waals surface area contributed by atoms with Crippen LogP contribution < -0.4 is 0 Å². The van der Waals surface area contributed by atoms with Crippen LogP contribution in [0, 0.1) is 0 Å². The van der Waals surface area contributed by atoms with Gasteiger partial charge in [-0.25, -0.2) is 4.99 Å². The molecule has 3 heteroatoms. The molecule has 1 unspecified atom stereocenters. The molecule has 2 aromatic rings. The highest BCUT2D eigenvalue weighted by molar-refractivity contribution is 5.95. The fraction of sp³-hybridized carbons (Fsp3) is 0.133. The molecular weight excluding hydrogens is 226 g/mol. The van der Waals surface area contributed by atoms with Gasteiger partial charge in [0.2, 0.25) is 11.6 Å². The molecule has 0 spiro atoms. The van der Waals surface area contributed by atoms with Crippen LogP contribution in [-0.2, 0) is 10.5 Å². The van der Waals surface area contributed by atoms with Crippen LogP contribution >= 0.6 is 0 Å². The van der Waals surface area contributed by atoms with Crippen LogP contribution in [-0.4, -0.2) is 17.6 Å². The average molecular weight is 239 g/mol. The average Bonchev–Trinajstić information content (AvgIpc) is 2.85. The summed E-state index contributed by atoms with van der Waals surface area (Å²) < 4.78 is 5.51. The zero-order valence-corrected chi connectivity index (χ0v) is 9.78. The molecule has 3 rings (SSSR count). The third kappa shape index (κ3) is 1.89. The Labute approximate surface area is 105 Å². The Morgan fingerprint density at radius 2 is 1.56 bits per heavy atom. The molecule has 90 valence electrons. The van der Waals surface area contributed by atoms with E-state index in [1.165, 1.54) is 0 Å². The van der Waals surface area contributed by atoms with Gasteiger partial charge in [-0.2, -0.15) is 0 Å². The van der Waals surface area contributed by atoms with Crippen molar-refractivity contribution < 1.29 is 9.84 Å². The van der Waals surface area contributed by atoms with E-state index in [1.807, 2.05) is 60.7 Å². The number of ether oxygens (including phenoxy) is 1. The first-order chi connectivity index (χ1) is 8.78. The van der Waals surface area contributed by atoms with Gasteiger partial charge in [0, 0.05) is 11.1 Å². The van der Waals surface area contributed by atoms with Gasteiger partial charge in [0.05, 0.1) is 0 Å². The number of benzene rings is 2. The molecule has 18 heavy (non-hydrogen) atoms. The Morgan fingerprint density at radius 3 is 2.22 bits per heavy atom. The van der Waals surface area contributed by atoms with Crippen molar-refractivity contribution in [3.8, 4) is 0 Å². The quantitative estimate of drug-likeness (QED) is 0.873. The van der Waals surface area contributed by atoms with Gasteiger partial charge in [0.1, 0.15) is 6.61 Å². The first kappa shape index (κ1) is 11.0. The van der Waals surface area contributed by atoms with E-state index in [9.17, 15) is 5.11 Å². The maximum atomic E-state index is 10.5. The van der Waals surface area contributed by atoms with Crippen LogP contribution in [0.3, 0.4) is 0 Å². The van der Waals surface area contributed by atoms with Gasteiger partial charge in [0.15, 0.2) is 0 Å². The molecule has 1 heterocycles. The Balaban J connectivity index is 1.96. The SMILES string of the molecule is OC1(c2ccccc2)COC(c2ccccc2)=N1. The van der Waals surface area contributed by atoms with E-state index in [0.29, 0.717) is 5.90 Å². The monoisotopic (exact) mass is 239 g/mol. The summed E-state index contributed by atoms with van der Waals surface area (Å²) in [5, 5.41) is 10.5. The molecule has 0 saturated carbocycles. The number of rotatable bonds is 2. The molecule has 0 bridgehead atoms. The van der Waals surface area contributed by atoms with Crippen LogP contribution in [0.2, 0.25) is 0 Å². The fourth-order valence-corrected chi connectivity index (χ4v) is 1.98. The molecule has 1 N–H and O–H groups in total. The second-order valence-electron chi connectivity index (χ2n) is 4.25. The number of nitrogens with zero attached hydrogens (tertiary/aromatic N) is 1. The number of aliphatic hydroxyl groups is 1. The summed E-state index contributed by atoms with van der Waals surface area (Å²) in [7, 11) is 0. The number of hydrogen-bond acceptors (Lipinski definition) is 3. The van der Waals surface area contributed by atoms with Gasteiger partial charge in [-0.15, -0.1) is 0 Å². The first-order valence-corrected chi connectivity index (χ1v) is 5.84. The zero-order valence-electron chi connectivity index (χ0n) is 9.78. The third-order valence-corrected chi connectivity index (χ3v) is 2.95. The van der Waals surface area contributed by atoms with E-state index in [2.05, 4.69) is 4.99 Å². The van der Waals surface area contributed by atoms with Crippen molar-refractivity contribution in [1.29, 1.82) is 0 Å². The maximum Gasteiger partial charge on any atom is 0.220 e. The topological polar surface area (TPSA) is 41.8 Å². The molecule has 1 aliphatic heterocycles. The van der Waals surface area contributed by atoms with Gasteiger partial charge < -0.3 is 9.84 Å². The summed E-state index contributed by atoms with van der Waals surface area (Å²) in [4.78, 5) is 4.31. The summed E-state index contributed by atoms with van der Waals surface area (Å²) in [6.45, 7) is 0.154. The predicted octanol–water partition coefficient (Wildman–Crippen LogP) is 2.31. The number of hydrogen-bond donors (Lipinski definition) is 1. The van der Waals surface area contributed by atoms with Gasteiger partial charge >= 0.3 is 0 Å². The van der Waals surface area contributed by atoms with Crippen molar-refractivity contribution in [2.75, 3.05) is 6.61 Å². The van der Waals surface area contributed by atoms with E-state index < -0.39 is 5.72 Å². The van der Waals surface area contributed by atoms with Crippen LogP contribution in [0.4, 0.5) is 0 Å². The summed E-state index contributed by atoms with van der Waals surface area (Å²) in [6, 6.07) is 19.0. The summed E-state index contributed by atoms with van der Waals surface area (Å²) in [5.74, 6) is 0.488. The Bertz CT molecular complexity index is 566. The van der Waals surface area contributed by atoms with Crippen molar-refractivity contribution in [1.82, 2.24) is 0 Å². The Morgan fingerprint density at radius 1 is 0.944 bits per heavy atom. The predicted molar refractivity (Wildman–Crippen MR) is 69.3 cm³/mol. The lowest BCUT2D eigenvalue weighted by Gasteiger charge is -2.16. The summed E-state index contributed by atoms with van der Waals surface area (Å²) in [5.41, 5.74) is 0.354. The minimum absolute atomic E-state index is 0.154. The normalized spacial score (nSPS) is 22.4. The second-order valence-corrected chi connectivity index (χ2v) is 4.25. The van der Waals surface area contributed by atoms with Crippen molar-refractivity contribution in [2.45, 2.75) is 5.72 Å². The van der Waals surface area contributed by atoms with Crippen molar-refractivity contribution in [3.05, 3.63) is 71.8 Å². The fourth-order valence-electron chi connectivity index (χ4n) is 1.98. The highest BCUT2D eigenvalue weighted by atomic mass is 16.5. The minimum atomic E-state index is -1.27. The number of aliphatic imine (C=N–C) groups is 1. The van der Waals surface area contributed by atoms with Gasteiger partial charge in [-0.05, 0) is 12.1 Å². The summed E-state index contributed by atoms with van der Waals surface area (Å²) in [6.07, 6.45) is 0. The Kier molecular flexibility index (Phi) is 2.61. The lowest BCUT2D eigenvalue weighted by atomic mass is 10.1. The van der Waals surface area contributed by atoms with Crippen LogP contribution in [0.1, 0.15) is 11.1 Å². The molecular formula is C15H13NO2. The van der Waals surface area contributed by atoms with Crippen molar-refractivity contribution in [2.24, 2.45) is 4.99 Å². The maximum absolute atomic E-state index is 10.5. The Hall–Kier alpha value is -2.13. The van der Waals surface area contributed by atoms with E-state index in [4.69, 9.17) is 4.74 Å². The minimum Gasteiger partial charge on any atom is -0.472 e. The van der Waals surface area contributed by atoms with Crippen LogP contribution in [0.5, 0.6) is 0 Å². The molecule has 3 nitrogen and oxygen atoms in total. The zero-order chi connectivity index (χ0) is 12.4. The van der Waals surface area contributed by atoms with E-state index >= 15 is 0 Å². The van der Waals surface area contributed by atoms with Crippen LogP contribution in [0.15, 0.2) is 65.7 Å². The first-order valence-electron chi connectivity index (χ1n) is 5.84. The van der Waals surface area contributed by atoms with Crippen molar-refractivity contribution in [3.63, 3.8) is 0 Å². The lowest BCUT2D eigenvalue weighted by Crippen LogP contribution is -2.24. The van der Waals surface area contributed by atoms with E-state index in [1.54, 1.807) is 0 Å². The molecule has 0 fully saturated rings. The highest BCUT2D eigenvalue weighted by Crippen LogP contribution is 2.29.